The van der Waals surface area contributed by atoms with Gasteiger partial charge in [0.25, 0.3) is 0 Å². The molecule has 0 radical (unpaired) electrons. The maximum Gasteiger partial charge on any atom is 0.414 e. The standard InChI is InChI=1S/C14H14F3N3O4/c15-7-4-19(5-7)12-10(16)1-8(2-11(12)17)20-6-9(24-14(20)23)3-18-13(21)22/h1-2,7,9,18H,3-6H2,(H,21,22)/t9-/m0/s1. The summed E-state index contributed by atoms with van der Waals surface area (Å²) in [5.74, 6) is -1.81. The van der Waals surface area contributed by atoms with E-state index in [0.29, 0.717) is 0 Å². The molecule has 2 fully saturated rings. The Morgan fingerprint density at radius 1 is 1.29 bits per heavy atom. The molecular weight excluding hydrogens is 331 g/mol. The quantitative estimate of drug-likeness (QED) is 0.868. The van der Waals surface area contributed by atoms with E-state index in [9.17, 15) is 22.8 Å². The molecule has 0 aliphatic carbocycles. The normalized spacial score (nSPS) is 20.8. The molecule has 2 saturated heterocycles. The van der Waals surface area contributed by atoms with Crippen LogP contribution in [-0.4, -0.2) is 55.7 Å². The Kier molecular flexibility index (Phi) is 4.12. The van der Waals surface area contributed by atoms with Gasteiger partial charge in [0.05, 0.1) is 31.9 Å². The van der Waals surface area contributed by atoms with Crippen molar-refractivity contribution in [2.45, 2.75) is 12.3 Å². The van der Waals surface area contributed by atoms with Gasteiger partial charge in [-0.3, -0.25) is 4.90 Å². The first-order valence-electron chi connectivity index (χ1n) is 7.18. The molecule has 0 aromatic heterocycles. The number of carbonyl (C=O) groups excluding carboxylic acids is 1. The SMILES string of the molecule is O=C(O)NC[C@H]1CN(c2cc(F)c(N3CC(F)C3)c(F)c2)C(=O)O1. The average Bonchev–Trinajstić information content (AvgIpc) is 2.83. The van der Waals surface area contributed by atoms with E-state index in [1.165, 1.54) is 4.90 Å². The maximum absolute atomic E-state index is 14.2. The molecule has 2 aliphatic rings. The summed E-state index contributed by atoms with van der Waals surface area (Å²) >= 11 is 0. The summed E-state index contributed by atoms with van der Waals surface area (Å²) in [4.78, 5) is 24.5. The molecule has 2 N–H and O–H groups in total. The monoisotopic (exact) mass is 345 g/mol. The van der Waals surface area contributed by atoms with E-state index in [1.807, 2.05) is 0 Å². The number of cyclic esters (lactones) is 1. The van der Waals surface area contributed by atoms with Crippen molar-refractivity contribution in [2.75, 3.05) is 36.0 Å². The minimum absolute atomic E-state index is 0.0473. The summed E-state index contributed by atoms with van der Waals surface area (Å²) in [5.41, 5.74) is -0.377. The maximum atomic E-state index is 14.2. The van der Waals surface area contributed by atoms with Crippen LogP contribution in [0.15, 0.2) is 12.1 Å². The van der Waals surface area contributed by atoms with Gasteiger partial charge in [-0.05, 0) is 0 Å². The first-order chi connectivity index (χ1) is 11.3. The van der Waals surface area contributed by atoms with Crippen molar-refractivity contribution in [2.24, 2.45) is 0 Å². The Bertz CT molecular complexity index is 658. The molecule has 24 heavy (non-hydrogen) atoms. The summed E-state index contributed by atoms with van der Waals surface area (Å²) in [6.07, 6.45) is -3.97. The van der Waals surface area contributed by atoms with Crippen molar-refractivity contribution in [1.82, 2.24) is 5.32 Å². The summed E-state index contributed by atoms with van der Waals surface area (Å²) in [6.45, 7) is -0.344. The second-order valence-corrected chi connectivity index (χ2v) is 5.56. The summed E-state index contributed by atoms with van der Waals surface area (Å²) in [7, 11) is 0. The number of rotatable bonds is 4. The first kappa shape index (κ1) is 16.2. The molecule has 10 heteroatoms. The van der Waals surface area contributed by atoms with E-state index < -0.39 is 36.1 Å². The lowest BCUT2D eigenvalue weighted by atomic mass is 10.1. The molecule has 1 aromatic rings. The van der Waals surface area contributed by atoms with Crippen molar-refractivity contribution in [3.63, 3.8) is 0 Å². The highest BCUT2D eigenvalue weighted by Crippen LogP contribution is 2.33. The predicted octanol–water partition coefficient (Wildman–Crippen LogP) is 1.72. The molecular formula is C14H14F3N3O4. The zero-order valence-electron chi connectivity index (χ0n) is 12.3. The third-order valence-electron chi connectivity index (χ3n) is 3.82. The largest absolute Gasteiger partial charge is 0.465 e. The Morgan fingerprint density at radius 3 is 2.46 bits per heavy atom. The van der Waals surface area contributed by atoms with Crippen LogP contribution in [0.25, 0.3) is 0 Å². The minimum atomic E-state index is -1.27. The number of amides is 2. The van der Waals surface area contributed by atoms with Crippen molar-refractivity contribution >= 4 is 23.6 Å². The molecule has 1 aromatic carbocycles. The van der Waals surface area contributed by atoms with Crippen molar-refractivity contribution in [1.29, 1.82) is 0 Å². The topological polar surface area (TPSA) is 82.1 Å². The second-order valence-electron chi connectivity index (χ2n) is 5.56. The molecule has 0 saturated carbocycles. The van der Waals surface area contributed by atoms with Crippen LogP contribution in [0.2, 0.25) is 0 Å². The second kappa shape index (κ2) is 6.10. The number of carboxylic acid groups (broad SMARTS) is 1. The molecule has 2 aliphatic heterocycles. The van der Waals surface area contributed by atoms with E-state index in [1.54, 1.807) is 0 Å². The van der Waals surface area contributed by atoms with Crippen LogP contribution in [0.4, 0.5) is 34.1 Å². The number of alkyl halides is 1. The fraction of sp³-hybridized carbons (Fsp3) is 0.429. The Labute approximate surface area is 134 Å². The minimum Gasteiger partial charge on any atom is -0.465 e. The molecule has 3 rings (SSSR count). The highest BCUT2D eigenvalue weighted by molar-refractivity contribution is 5.90. The van der Waals surface area contributed by atoms with Crippen LogP contribution in [0, 0.1) is 11.6 Å². The molecule has 1 atom stereocenters. The van der Waals surface area contributed by atoms with E-state index >= 15 is 0 Å². The van der Waals surface area contributed by atoms with E-state index in [2.05, 4.69) is 5.32 Å². The van der Waals surface area contributed by atoms with Crippen molar-refractivity contribution in [3.8, 4) is 0 Å². The van der Waals surface area contributed by atoms with E-state index in [0.717, 1.165) is 17.0 Å². The van der Waals surface area contributed by atoms with Gasteiger partial charge in [-0.1, -0.05) is 0 Å². The average molecular weight is 345 g/mol. The van der Waals surface area contributed by atoms with Crippen LogP contribution >= 0.6 is 0 Å². The Morgan fingerprint density at radius 2 is 1.92 bits per heavy atom. The Hall–Kier alpha value is -2.65. The van der Waals surface area contributed by atoms with Crippen LogP contribution in [0.5, 0.6) is 0 Å². The molecule has 130 valence electrons. The predicted molar refractivity (Wildman–Crippen MR) is 77.1 cm³/mol. The van der Waals surface area contributed by atoms with Crippen LogP contribution in [0.1, 0.15) is 0 Å². The zero-order chi connectivity index (χ0) is 17.4. The number of nitrogens with zero attached hydrogens (tertiary/aromatic N) is 2. The molecule has 2 heterocycles. The third-order valence-corrected chi connectivity index (χ3v) is 3.82. The molecule has 0 spiro atoms. The summed E-state index contributed by atoms with van der Waals surface area (Å²) < 4.78 is 46.1. The number of hydrogen-bond acceptors (Lipinski definition) is 4. The van der Waals surface area contributed by atoms with Crippen LogP contribution in [0.3, 0.4) is 0 Å². The number of nitrogens with one attached hydrogen (secondary N) is 1. The van der Waals surface area contributed by atoms with E-state index in [4.69, 9.17) is 9.84 Å². The van der Waals surface area contributed by atoms with E-state index in [-0.39, 0.29) is 37.6 Å². The smallest absolute Gasteiger partial charge is 0.414 e. The molecule has 0 bridgehead atoms. The number of halogens is 3. The molecule has 2 amide bonds. The lowest BCUT2D eigenvalue weighted by Crippen LogP contribution is -2.49. The highest BCUT2D eigenvalue weighted by Gasteiger charge is 2.35. The number of carbonyl (C=O) groups is 2. The lowest BCUT2D eigenvalue weighted by Gasteiger charge is -2.36. The number of hydrogen-bond donors (Lipinski definition) is 2. The van der Waals surface area contributed by atoms with Crippen LogP contribution in [-0.2, 0) is 4.74 Å². The van der Waals surface area contributed by atoms with Gasteiger partial charge in [0.1, 0.15) is 18.0 Å². The van der Waals surface area contributed by atoms with Gasteiger partial charge in [0.2, 0.25) is 0 Å². The van der Waals surface area contributed by atoms with Crippen LogP contribution < -0.4 is 15.1 Å². The van der Waals surface area contributed by atoms with Gasteiger partial charge in [0, 0.05) is 12.1 Å². The van der Waals surface area contributed by atoms with Gasteiger partial charge >= 0.3 is 12.2 Å². The first-order valence-corrected chi connectivity index (χ1v) is 7.18. The number of ether oxygens (including phenoxy) is 1. The van der Waals surface area contributed by atoms with Crippen molar-refractivity contribution in [3.05, 3.63) is 23.8 Å². The summed E-state index contributed by atoms with van der Waals surface area (Å²) in [6, 6.07) is 1.94. The summed E-state index contributed by atoms with van der Waals surface area (Å²) in [5, 5.41) is 10.6. The number of benzene rings is 1. The van der Waals surface area contributed by atoms with Gasteiger partial charge in [0.15, 0.2) is 11.6 Å². The highest BCUT2D eigenvalue weighted by atomic mass is 19.1. The molecule has 0 unspecified atom stereocenters. The Balaban J connectivity index is 1.75. The van der Waals surface area contributed by atoms with Gasteiger partial charge in [-0.15, -0.1) is 0 Å². The van der Waals surface area contributed by atoms with Gasteiger partial charge < -0.3 is 20.1 Å². The fourth-order valence-electron chi connectivity index (χ4n) is 2.66. The number of anilines is 2. The third kappa shape index (κ3) is 3.03. The fourth-order valence-corrected chi connectivity index (χ4v) is 2.66. The lowest BCUT2D eigenvalue weighted by molar-refractivity contribution is 0.136. The van der Waals surface area contributed by atoms with Gasteiger partial charge in [-0.25, -0.2) is 22.8 Å². The molecule has 7 nitrogen and oxygen atoms in total. The van der Waals surface area contributed by atoms with Gasteiger partial charge in [-0.2, -0.15) is 0 Å². The zero-order valence-corrected chi connectivity index (χ0v) is 12.3. The van der Waals surface area contributed by atoms with Crippen molar-refractivity contribution < 1.29 is 32.6 Å².